The molecule has 0 radical (unpaired) electrons. The first-order valence-corrected chi connectivity index (χ1v) is 4.50. The van der Waals surface area contributed by atoms with Crippen LogP contribution in [-0.2, 0) is 0 Å². The third-order valence-electron chi connectivity index (χ3n) is 2.14. The molecule has 0 aromatic carbocycles. The molecule has 0 spiro atoms. The molecule has 80 valence electrons. The van der Waals surface area contributed by atoms with Crippen molar-refractivity contribution in [2.45, 2.75) is 0 Å². The van der Waals surface area contributed by atoms with Crippen LogP contribution in [0.2, 0.25) is 0 Å². The van der Waals surface area contributed by atoms with Gasteiger partial charge in [0.1, 0.15) is 5.52 Å². The minimum Gasteiger partial charge on any atom is -0.461 e. The summed E-state index contributed by atoms with van der Waals surface area (Å²) in [6.45, 7) is 0. The standard InChI is InChI=1S/C9H6N4O3/c14-8-5-7(12-9(15)13-8)11-6(10-5)4-2-1-3-16-4/h1-3H,(H3,10,11,12,13,14,15). The number of nitrogens with zero attached hydrogens (tertiary/aromatic N) is 1. The smallest absolute Gasteiger partial charge is 0.327 e. The van der Waals surface area contributed by atoms with Crippen molar-refractivity contribution in [2.24, 2.45) is 0 Å². The van der Waals surface area contributed by atoms with E-state index in [0.717, 1.165) is 0 Å². The van der Waals surface area contributed by atoms with Crippen molar-refractivity contribution in [3.63, 3.8) is 0 Å². The van der Waals surface area contributed by atoms with E-state index in [4.69, 9.17) is 4.42 Å². The number of imidazole rings is 1. The van der Waals surface area contributed by atoms with Crippen molar-refractivity contribution in [1.82, 2.24) is 19.9 Å². The molecule has 7 heteroatoms. The summed E-state index contributed by atoms with van der Waals surface area (Å²) in [6.07, 6.45) is 1.50. The van der Waals surface area contributed by atoms with Gasteiger partial charge in [0.2, 0.25) is 0 Å². The van der Waals surface area contributed by atoms with Gasteiger partial charge in [0.05, 0.1) is 6.26 Å². The minimum absolute atomic E-state index is 0.208. The van der Waals surface area contributed by atoms with Crippen molar-refractivity contribution >= 4 is 11.2 Å². The van der Waals surface area contributed by atoms with Crippen LogP contribution in [-0.4, -0.2) is 19.9 Å². The third-order valence-corrected chi connectivity index (χ3v) is 2.14. The van der Waals surface area contributed by atoms with Crippen molar-refractivity contribution < 1.29 is 4.42 Å². The first-order chi connectivity index (χ1) is 7.74. The Kier molecular flexibility index (Phi) is 1.61. The topological polar surface area (TPSA) is 108 Å². The first-order valence-electron chi connectivity index (χ1n) is 4.50. The lowest BCUT2D eigenvalue weighted by atomic mass is 10.4. The Bertz CT molecular complexity index is 747. The zero-order valence-corrected chi connectivity index (χ0v) is 7.90. The van der Waals surface area contributed by atoms with Gasteiger partial charge in [-0.15, -0.1) is 0 Å². The molecule has 0 aliphatic carbocycles. The second kappa shape index (κ2) is 2.96. The maximum absolute atomic E-state index is 11.4. The molecule has 0 atom stereocenters. The average Bonchev–Trinajstić information content (AvgIpc) is 2.82. The maximum Gasteiger partial charge on any atom is 0.327 e. The number of furan rings is 1. The Hall–Kier alpha value is -2.57. The van der Waals surface area contributed by atoms with Crippen molar-refractivity contribution in [1.29, 1.82) is 0 Å². The van der Waals surface area contributed by atoms with Gasteiger partial charge in [-0.25, -0.2) is 9.78 Å². The van der Waals surface area contributed by atoms with Crippen LogP contribution in [0.1, 0.15) is 0 Å². The Morgan fingerprint density at radius 1 is 1.19 bits per heavy atom. The van der Waals surface area contributed by atoms with Gasteiger partial charge in [0.15, 0.2) is 17.2 Å². The lowest BCUT2D eigenvalue weighted by Gasteiger charge is -1.85. The summed E-state index contributed by atoms with van der Waals surface area (Å²) in [5.74, 6) is 0.892. The van der Waals surface area contributed by atoms with Crippen LogP contribution < -0.4 is 11.2 Å². The fourth-order valence-electron chi connectivity index (χ4n) is 1.46. The summed E-state index contributed by atoms with van der Waals surface area (Å²) >= 11 is 0. The van der Waals surface area contributed by atoms with Crippen LogP contribution in [0.25, 0.3) is 22.7 Å². The zero-order chi connectivity index (χ0) is 11.1. The molecule has 3 rings (SSSR count). The highest BCUT2D eigenvalue weighted by Gasteiger charge is 2.10. The number of hydrogen-bond acceptors (Lipinski definition) is 4. The molecule has 3 N–H and O–H groups in total. The van der Waals surface area contributed by atoms with Crippen LogP contribution in [0, 0.1) is 0 Å². The molecular formula is C9H6N4O3. The van der Waals surface area contributed by atoms with Crippen molar-refractivity contribution in [3.05, 3.63) is 39.2 Å². The van der Waals surface area contributed by atoms with E-state index in [2.05, 4.69) is 19.9 Å². The molecule has 0 aliphatic heterocycles. The molecule has 3 aromatic rings. The lowest BCUT2D eigenvalue weighted by molar-refractivity contribution is 0.578. The van der Waals surface area contributed by atoms with E-state index in [0.29, 0.717) is 11.6 Å². The summed E-state index contributed by atoms with van der Waals surface area (Å²) in [4.78, 5) is 33.8. The first kappa shape index (κ1) is 8.72. The van der Waals surface area contributed by atoms with E-state index < -0.39 is 11.2 Å². The lowest BCUT2D eigenvalue weighted by Crippen LogP contribution is -2.21. The number of hydrogen-bond donors (Lipinski definition) is 3. The second-order valence-corrected chi connectivity index (χ2v) is 3.19. The van der Waals surface area contributed by atoms with E-state index in [9.17, 15) is 9.59 Å². The molecule has 0 bridgehead atoms. The van der Waals surface area contributed by atoms with Crippen molar-refractivity contribution in [2.75, 3.05) is 0 Å². The highest BCUT2D eigenvalue weighted by atomic mass is 16.3. The van der Waals surface area contributed by atoms with E-state index in [1.807, 2.05) is 0 Å². The van der Waals surface area contributed by atoms with Gasteiger partial charge >= 0.3 is 5.69 Å². The van der Waals surface area contributed by atoms with Gasteiger partial charge in [-0.05, 0) is 12.1 Å². The summed E-state index contributed by atoms with van der Waals surface area (Å²) < 4.78 is 5.12. The Balaban J connectivity index is 2.36. The highest BCUT2D eigenvalue weighted by molar-refractivity contribution is 5.73. The number of rotatable bonds is 1. The Labute approximate surface area is 87.2 Å². The Morgan fingerprint density at radius 2 is 2.06 bits per heavy atom. The fraction of sp³-hybridized carbons (Fsp3) is 0. The highest BCUT2D eigenvalue weighted by Crippen LogP contribution is 2.16. The van der Waals surface area contributed by atoms with Gasteiger partial charge in [0, 0.05) is 0 Å². The molecule has 0 saturated carbocycles. The molecule has 16 heavy (non-hydrogen) atoms. The van der Waals surface area contributed by atoms with Gasteiger partial charge < -0.3 is 9.40 Å². The molecule has 3 aromatic heterocycles. The quantitative estimate of drug-likeness (QED) is 0.542. The normalized spacial score (nSPS) is 11.0. The molecule has 0 fully saturated rings. The zero-order valence-electron chi connectivity index (χ0n) is 7.90. The summed E-state index contributed by atoms with van der Waals surface area (Å²) in [5, 5.41) is 0. The van der Waals surface area contributed by atoms with Crippen molar-refractivity contribution in [3.8, 4) is 11.6 Å². The summed E-state index contributed by atoms with van der Waals surface area (Å²) in [7, 11) is 0. The molecule has 7 nitrogen and oxygen atoms in total. The third kappa shape index (κ3) is 1.18. The monoisotopic (exact) mass is 218 g/mol. The fourth-order valence-corrected chi connectivity index (χ4v) is 1.46. The maximum atomic E-state index is 11.4. The van der Waals surface area contributed by atoms with E-state index in [-0.39, 0.29) is 11.2 Å². The molecule has 0 saturated heterocycles. The second-order valence-electron chi connectivity index (χ2n) is 3.19. The molecule has 0 aliphatic rings. The number of nitrogens with one attached hydrogen (secondary N) is 3. The predicted octanol–water partition coefficient (Wildman–Crippen LogP) is 0.200. The van der Waals surface area contributed by atoms with E-state index in [1.165, 1.54) is 6.26 Å². The number of aromatic amines is 3. The number of H-pyrrole nitrogens is 3. The molecular weight excluding hydrogens is 212 g/mol. The van der Waals surface area contributed by atoms with Crippen LogP contribution in [0.4, 0.5) is 0 Å². The van der Waals surface area contributed by atoms with Crippen LogP contribution in [0.15, 0.2) is 32.4 Å². The van der Waals surface area contributed by atoms with Gasteiger partial charge in [-0.2, -0.15) is 0 Å². The molecule has 0 unspecified atom stereocenters. The Morgan fingerprint density at radius 3 is 2.81 bits per heavy atom. The van der Waals surface area contributed by atoms with Gasteiger partial charge in [0.25, 0.3) is 5.56 Å². The van der Waals surface area contributed by atoms with E-state index >= 15 is 0 Å². The van der Waals surface area contributed by atoms with Crippen LogP contribution >= 0.6 is 0 Å². The largest absolute Gasteiger partial charge is 0.461 e. The van der Waals surface area contributed by atoms with Gasteiger partial charge in [-0.3, -0.25) is 14.8 Å². The summed E-state index contributed by atoms with van der Waals surface area (Å²) in [5.41, 5.74) is -0.676. The summed E-state index contributed by atoms with van der Waals surface area (Å²) in [6, 6.07) is 3.40. The van der Waals surface area contributed by atoms with Crippen LogP contribution in [0.5, 0.6) is 0 Å². The van der Waals surface area contributed by atoms with Crippen LogP contribution in [0.3, 0.4) is 0 Å². The molecule has 3 heterocycles. The minimum atomic E-state index is -0.588. The SMILES string of the molecule is O=c1[nH]c(=O)c2[nH]c(-c3ccco3)nc2[nH]1. The number of fused-ring (bicyclic) bond motifs is 1. The number of aromatic nitrogens is 4. The van der Waals surface area contributed by atoms with E-state index in [1.54, 1.807) is 12.1 Å². The molecule has 0 amide bonds. The van der Waals surface area contributed by atoms with Gasteiger partial charge in [-0.1, -0.05) is 0 Å². The predicted molar refractivity (Wildman–Crippen MR) is 55.0 cm³/mol. The average molecular weight is 218 g/mol.